The average molecular weight is 715 g/mol. The van der Waals surface area contributed by atoms with E-state index in [0.717, 1.165) is 77.0 Å². The lowest BCUT2D eigenvalue weighted by molar-refractivity contribution is -0.131. The minimum absolute atomic E-state index is 0.0973. The Balaban J connectivity index is 1.39. The molecule has 1 aliphatic carbocycles. The highest BCUT2D eigenvalue weighted by Crippen LogP contribution is 2.47. The quantitative estimate of drug-likeness (QED) is 0.217. The highest BCUT2D eigenvalue weighted by molar-refractivity contribution is 7.87. The van der Waals surface area contributed by atoms with Crippen molar-refractivity contribution in [2.75, 3.05) is 27.7 Å². The number of nitrogens with zero attached hydrogens (tertiary/aromatic N) is 5. The van der Waals surface area contributed by atoms with Gasteiger partial charge < -0.3 is 18.7 Å². The van der Waals surface area contributed by atoms with Crippen LogP contribution in [0.25, 0.3) is 28.2 Å². The molecule has 2 aromatic carbocycles. The molecule has 1 unspecified atom stereocenters. The molecule has 2 aliphatic heterocycles. The second-order valence-corrected chi connectivity index (χ2v) is 16.3. The summed E-state index contributed by atoms with van der Waals surface area (Å²) < 4.78 is 41.9. The molecule has 4 aromatic rings. The molecular formula is C38H46N6O6S. The maximum absolute atomic E-state index is 14.8. The third kappa shape index (κ3) is 6.57. The van der Waals surface area contributed by atoms with Gasteiger partial charge in [0, 0.05) is 54.2 Å². The molecule has 270 valence electrons. The first kappa shape index (κ1) is 34.9. The van der Waals surface area contributed by atoms with Crippen LogP contribution in [0.5, 0.6) is 5.75 Å². The Bertz CT molecular complexity index is 2120. The Hall–Kier alpha value is -4.49. The fourth-order valence-electron chi connectivity index (χ4n) is 7.81. The van der Waals surface area contributed by atoms with E-state index in [2.05, 4.69) is 25.5 Å². The van der Waals surface area contributed by atoms with Gasteiger partial charge in [0.2, 0.25) is 5.89 Å². The third-order valence-electron chi connectivity index (χ3n) is 10.6. The predicted octanol–water partition coefficient (Wildman–Crippen LogP) is 6.56. The number of piperidine rings is 1. The van der Waals surface area contributed by atoms with Crippen LogP contribution in [0, 0.1) is 0 Å². The Morgan fingerprint density at radius 1 is 1.02 bits per heavy atom. The number of hydrogen-bond acceptors (Lipinski definition) is 8. The molecule has 2 amide bonds. The Kier molecular flexibility index (Phi) is 9.53. The van der Waals surface area contributed by atoms with Gasteiger partial charge in [-0.2, -0.15) is 17.7 Å². The molecule has 1 N–H and O–H groups in total. The summed E-state index contributed by atoms with van der Waals surface area (Å²) in [6.45, 7) is 4.83. The number of likely N-dealkylation sites (tertiary alicyclic amines) is 1. The maximum Gasteiger partial charge on any atom is 0.303 e. The van der Waals surface area contributed by atoms with Crippen LogP contribution >= 0.6 is 0 Å². The number of hydrogen-bond donors (Lipinski definition) is 1. The van der Waals surface area contributed by atoms with Crippen molar-refractivity contribution < 1.29 is 27.3 Å². The first-order valence-electron chi connectivity index (χ1n) is 17.9. The van der Waals surface area contributed by atoms with Crippen molar-refractivity contribution >= 4 is 39.0 Å². The van der Waals surface area contributed by atoms with Gasteiger partial charge in [-0.3, -0.25) is 9.59 Å². The van der Waals surface area contributed by atoms with Crippen molar-refractivity contribution in [1.29, 1.82) is 0 Å². The van der Waals surface area contributed by atoms with Gasteiger partial charge in [-0.1, -0.05) is 44.3 Å². The smallest absolute Gasteiger partial charge is 0.303 e. The second kappa shape index (κ2) is 13.9. The molecule has 51 heavy (non-hydrogen) atoms. The van der Waals surface area contributed by atoms with Gasteiger partial charge in [0.25, 0.3) is 11.8 Å². The lowest BCUT2D eigenvalue weighted by Gasteiger charge is -2.34. The lowest BCUT2D eigenvalue weighted by atomic mass is 9.81. The molecule has 1 saturated heterocycles. The van der Waals surface area contributed by atoms with Gasteiger partial charge >= 0.3 is 10.2 Å². The zero-order valence-electron chi connectivity index (χ0n) is 29.9. The summed E-state index contributed by atoms with van der Waals surface area (Å²) in [4.78, 5) is 34.8. The molecule has 3 aliphatic rings. The molecule has 0 bridgehead atoms. The highest BCUT2D eigenvalue weighted by atomic mass is 32.2. The van der Waals surface area contributed by atoms with Crippen LogP contribution in [0.1, 0.15) is 116 Å². The largest absolute Gasteiger partial charge is 0.497 e. The lowest BCUT2D eigenvalue weighted by Crippen LogP contribution is -2.40. The number of carbonyl (C=O) groups excluding carboxylic acids is 2. The summed E-state index contributed by atoms with van der Waals surface area (Å²) in [6.07, 6.45) is 10.0. The van der Waals surface area contributed by atoms with Crippen molar-refractivity contribution in [3.05, 3.63) is 70.4 Å². The van der Waals surface area contributed by atoms with Crippen molar-refractivity contribution in [3.63, 3.8) is 0 Å². The van der Waals surface area contributed by atoms with E-state index in [-0.39, 0.29) is 35.9 Å². The van der Waals surface area contributed by atoms with E-state index >= 15 is 0 Å². The van der Waals surface area contributed by atoms with Crippen LogP contribution in [0.15, 0.2) is 46.5 Å². The van der Waals surface area contributed by atoms with Gasteiger partial charge in [-0.15, -0.1) is 0 Å². The summed E-state index contributed by atoms with van der Waals surface area (Å²) in [5, 5.41) is 5.20. The predicted molar refractivity (Wildman–Crippen MR) is 194 cm³/mol. The summed E-state index contributed by atoms with van der Waals surface area (Å²) in [7, 11) is 0.367. The molecule has 4 heterocycles. The number of ether oxygens (including phenoxy) is 1. The standard InChI is InChI=1S/C38H46N6O6S/c1-23(2)35-39-37(50-40-35)31-13-9-10-18-43(31)38(46)27-19-26-20-28(49-5)15-17-29(26)34-33(24-11-7-6-8-12-24)30-16-14-25(21-32(30)44(34)22-27)36(45)41-51(47,48)42(3)4/h14-17,19-21,23-24,31H,6-13,18,22H2,1-5H3,(H,41,45). The van der Waals surface area contributed by atoms with E-state index in [9.17, 15) is 18.0 Å². The average Bonchev–Trinajstić information content (AvgIpc) is 3.70. The van der Waals surface area contributed by atoms with Crippen molar-refractivity contribution in [1.82, 2.24) is 28.6 Å². The molecule has 2 aromatic heterocycles. The Morgan fingerprint density at radius 3 is 2.49 bits per heavy atom. The van der Waals surface area contributed by atoms with E-state index < -0.39 is 16.1 Å². The molecule has 1 saturated carbocycles. The van der Waals surface area contributed by atoms with Gasteiger partial charge in [-0.05, 0) is 85.6 Å². The SMILES string of the molecule is COc1ccc2c(c1)C=C(C(=O)N1CCCCC1c1nc(C(C)C)no1)Cn1c-2c(C2CCCCC2)c2ccc(C(=O)NS(=O)(=O)N(C)C)cc21. The van der Waals surface area contributed by atoms with Crippen LogP contribution in [0.4, 0.5) is 0 Å². The van der Waals surface area contributed by atoms with Gasteiger partial charge in [0.15, 0.2) is 5.82 Å². The van der Waals surface area contributed by atoms with Crippen LogP contribution in [0.2, 0.25) is 0 Å². The van der Waals surface area contributed by atoms with E-state index in [0.29, 0.717) is 29.6 Å². The van der Waals surface area contributed by atoms with E-state index in [1.165, 1.54) is 26.1 Å². The number of benzene rings is 2. The third-order valence-corrected chi connectivity index (χ3v) is 12.0. The second-order valence-electron chi connectivity index (χ2n) is 14.4. The van der Waals surface area contributed by atoms with Gasteiger partial charge in [0.05, 0.1) is 19.3 Å². The molecule has 0 spiro atoms. The zero-order valence-corrected chi connectivity index (χ0v) is 30.8. The van der Waals surface area contributed by atoms with Gasteiger partial charge in [-0.25, -0.2) is 4.72 Å². The Labute approximate surface area is 299 Å². The summed E-state index contributed by atoms with van der Waals surface area (Å²) in [5.74, 6) is 1.31. The van der Waals surface area contributed by atoms with Crippen molar-refractivity contribution in [2.24, 2.45) is 0 Å². The number of nitrogens with one attached hydrogen (secondary N) is 1. The van der Waals surface area contributed by atoms with E-state index in [4.69, 9.17) is 9.26 Å². The fraction of sp³-hybridized carbons (Fsp3) is 0.474. The van der Waals surface area contributed by atoms with E-state index in [1.807, 2.05) is 43.0 Å². The van der Waals surface area contributed by atoms with Crippen LogP contribution < -0.4 is 9.46 Å². The molecule has 1 atom stereocenters. The van der Waals surface area contributed by atoms with Crippen molar-refractivity contribution in [2.45, 2.75) is 89.6 Å². The number of fused-ring (bicyclic) bond motifs is 5. The molecule has 0 radical (unpaired) electrons. The van der Waals surface area contributed by atoms with Gasteiger partial charge in [0.1, 0.15) is 11.8 Å². The normalized spacial score (nSPS) is 18.4. The number of carbonyl (C=O) groups is 2. The van der Waals surface area contributed by atoms with Crippen LogP contribution in [0.3, 0.4) is 0 Å². The molecule has 2 fully saturated rings. The number of aromatic nitrogens is 3. The Morgan fingerprint density at radius 2 is 1.78 bits per heavy atom. The zero-order chi connectivity index (χ0) is 36.0. The number of amides is 2. The first-order chi connectivity index (χ1) is 24.5. The number of methoxy groups -OCH3 is 1. The summed E-state index contributed by atoms with van der Waals surface area (Å²) >= 11 is 0. The summed E-state index contributed by atoms with van der Waals surface area (Å²) in [6, 6.07) is 11.0. The molecule has 7 rings (SSSR count). The monoisotopic (exact) mass is 714 g/mol. The van der Waals surface area contributed by atoms with Crippen LogP contribution in [-0.2, 0) is 21.5 Å². The highest BCUT2D eigenvalue weighted by Gasteiger charge is 2.36. The van der Waals surface area contributed by atoms with Crippen molar-refractivity contribution in [3.8, 4) is 17.0 Å². The first-order valence-corrected chi connectivity index (χ1v) is 19.3. The minimum Gasteiger partial charge on any atom is -0.497 e. The minimum atomic E-state index is -4.01. The van der Waals surface area contributed by atoms with Crippen LogP contribution in [-0.4, -0.2) is 71.9 Å². The number of rotatable bonds is 8. The summed E-state index contributed by atoms with van der Waals surface area (Å²) in [5.41, 5.74) is 5.64. The topological polar surface area (TPSA) is 140 Å². The fourth-order valence-corrected chi connectivity index (χ4v) is 8.35. The molecule has 12 nitrogen and oxygen atoms in total. The molecule has 13 heteroatoms. The maximum atomic E-state index is 14.8. The molecular weight excluding hydrogens is 669 g/mol. The van der Waals surface area contributed by atoms with E-state index in [1.54, 1.807) is 19.2 Å².